The monoisotopic (exact) mass is 435 g/mol. The van der Waals surface area contributed by atoms with Crippen molar-refractivity contribution in [1.82, 2.24) is 20.2 Å². The number of hydrogen-bond donors (Lipinski definition) is 2. The first kappa shape index (κ1) is 21.0. The van der Waals surface area contributed by atoms with E-state index in [9.17, 15) is 13.6 Å². The Hall–Kier alpha value is -4.21. The maximum absolute atomic E-state index is 14.7. The van der Waals surface area contributed by atoms with Gasteiger partial charge in [-0.3, -0.25) is 14.4 Å². The number of benzene rings is 2. The molecule has 0 spiro atoms. The maximum Gasteiger partial charge on any atom is 0.266 e. The minimum atomic E-state index is -0.886. The number of nitrogens with zero attached hydrogens (tertiary/aromatic N) is 5. The molecule has 0 saturated carbocycles. The zero-order valence-electron chi connectivity index (χ0n) is 17.3. The molecule has 0 radical (unpaired) electrons. The lowest BCUT2D eigenvalue weighted by molar-refractivity contribution is 0.539. The van der Waals surface area contributed by atoms with Gasteiger partial charge in [0.1, 0.15) is 28.8 Å². The van der Waals surface area contributed by atoms with Gasteiger partial charge in [0.05, 0.1) is 23.3 Å². The Balaban J connectivity index is 1.94. The Morgan fingerprint density at radius 3 is 2.59 bits per heavy atom. The second-order valence-corrected chi connectivity index (χ2v) is 6.89. The molecule has 0 amide bonds. The summed E-state index contributed by atoms with van der Waals surface area (Å²) < 4.78 is 30.3. The van der Waals surface area contributed by atoms with Crippen LogP contribution in [-0.4, -0.2) is 35.5 Å². The van der Waals surface area contributed by atoms with Crippen LogP contribution in [0, 0.1) is 11.6 Å². The summed E-state index contributed by atoms with van der Waals surface area (Å²) in [5.41, 5.74) is -0.302. The highest BCUT2D eigenvalue weighted by atomic mass is 19.1. The highest BCUT2D eigenvalue weighted by Gasteiger charge is 2.24. The van der Waals surface area contributed by atoms with E-state index in [4.69, 9.17) is 0 Å². The molecule has 3 aromatic rings. The van der Waals surface area contributed by atoms with Crippen LogP contribution >= 0.6 is 0 Å². The van der Waals surface area contributed by atoms with Gasteiger partial charge in [-0.05, 0) is 37.9 Å². The second-order valence-electron chi connectivity index (χ2n) is 6.89. The largest absolute Gasteiger partial charge is 0.358 e. The molecule has 0 aliphatic carbocycles. The van der Waals surface area contributed by atoms with Crippen molar-refractivity contribution in [1.29, 1.82) is 0 Å². The molecule has 162 valence electrons. The molecule has 1 atom stereocenters. The van der Waals surface area contributed by atoms with Crippen LogP contribution in [0.5, 0.6) is 0 Å². The number of hydrogen-bond acceptors (Lipinski definition) is 6. The Morgan fingerprint density at radius 1 is 1.19 bits per heavy atom. The van der Waals surface area contributed by atoms with Crippen LogP contribution in [0.15, 0.2) is 73.8 Å². The van der Waals surface area contributed by atoms with Crippen molar-refractivity contribution in [2.75, 3.05) is 7.05 Å². The molecular weight excluding hydrogens is 416 g/mol. The lowest BCUT2D eigenvalue weighted by Crippen LogP contribution is -2.31. The van der Waals surface area contributed by atoms with E-state index in [-0.39, 0.29) is 17.0 Å². The molecule has 0 bridgehead atoms. The molecule has 4 rings (SSSR count). The summed E-state index contributed by atoms with van der Waals surface area (Å²) in [6, 6.07) is 9.30. The fraction of sp³-hybridized carbons (Fsp3) is 0.136. The van der Waals surface area contributed by atoms with Gasteiger partial charge < -0.3 is 10.6 Å². The Kier molecular flexibility index (Phi) is 5.59. The first-order valence-corrected chi connectivity index (χ1v) is 9.66. The third kappa shape index (κ3) is 3.55. The van der Waals surface area contributed by atoms with Gasteiger partial charge in [0, 0.05) is 7.05 Å². The second kappa shape index (κ2) is 8.50. The van der Waals surface area contributed by atoms with Crippen LogP contribution in [0.2, 0.25) is 0 Å². The van der Waals surface area contributed by atoms with Gasteiger partial charge in [0.15, 0.2) is 11.7 Å². The minimum Gasteiger partial charge on any atom is -0.358 e. The van der Waals surface area contributed by atoms with Gasteiger partial charge in [0.2, 0.25) is 0 Å². The number of aliphatic imine (C=N–C) groups is 3. The lowest BCUT2D eigenvalue weighted by Gasteiger charge is -2.21. The summed E-state index contributed by atoms with van der Waals surface area (Å²) >= 11 is 0. The SMILES string of the molecule is C=N/C(N[C@@H](C)c1nc2ccccc2c(=O)n1-c1c(F)cccc1F)=C1/N=CN/C1=N/C. The predicted octanol–water partition coefficient (Wildman–Crippen LogP) is 2.84. The molecule has 32 heavy (non-hydrogen) atoms. The van der Waals surface area contributed by atoms with Gasteiger partial charge in [-0.25, -0.2) is 23.7 Å². The highest BCUT2D eigenvalue weighted by Crippen LogP contribution is 2.23. The molecule has 10 heteroatoms. The summed E-state index contributed by atoms with van der Waals surface area (Å²) in [5, 5.41) is 6.18. The topological polar surface area (TPSA) is 96.0 Å². The van der Waals surface area contributed by atoms with Gasteiger partial charge in [-0.2, -0.15) is 0 Å². The van der Waals surface area contributed by atoms with Gasteiger partial charge in [0.25, 0.3) is 5.56 Å². The molecule has 0 unspecified atom stereocenters. The van der Waals surface area contributed by atoms with E-state index < -0.39 is 28.9 Å². The zero-order valence-corrected chi connectivity index (χ0v) is 17.3. The van der Waals surface area contributed by atoms with Crippen LogP contribution < -0.4 is 16.2 Å². The third-order valence-electron chi connectivity index (χ3n) is 4.93. The summed E-state index contributed by atoms with van der Waals surface area (Å²) in [5.74, 6) is -0.950. The molecule has 2 heterocycles. The Morgan fingerprint density at radius 2 is 1.91 bits per heavy atom. The van der Waals surface area contributed by atoms with Crippen molar-refractivity contribution in [2.24, 2.45) is 15.0 Å². The Labute approximate surface area is 181 Å². The van der Waals surface area contributed by atoms with E-state index in [1.807, 2.05) is 0 Å². The molecule has 1 aromatic heterocycles. The molecule has 0 saturated heterocycles. The minimum absolute atomic E-state index is 0.0874. The molecule has 2 N–H and O–H groups in total. The van der Waals surface area contributed by atoms with Gasteiger partial charge >= 0.3 is 0 Å². The van der Waals surface area contributed by atoms with E-state index in [2.05, 4.69) is 37.3 Å². The number of halogens is 2. The van der Waals surface area contributed by atoms with E-state index in [1.165, 1.54) is 12.4 Å². The predicted molar refractivity (Wildman–Crippen MR) is 120 cm³/mol. The summed E-state index contributed by atoms with van der Waals surface area (Å²) in [7, 11) is 1.59. The standard InChI is InChI=1S/C22H19F2N7O/c1-12(29-20(26-3)17-19(25-2)28-11-27-17)21-30-16-10-5-4-7-13(16)22(32)31(21)18-14(23)8-6-9-15(18)24/h4-12,29H,3H2,1-2H3,(H,25,27,28)/b20-17-/t12-/m0/s1. The van der Waals surface area contributed by atoms with Gasteiger partial charge in [-0.1, -0.05) is 18.2 Å². The van der Waals surface area contributed by atoms with E-state index in [0.717, 1.165) is 16.7 Å². The molecule has 1 aliphatic heterocycles. The summed E-state index contributed by atoms with van der Waals surface area (Å²) in [6.45, 7) is 5.25. The van der Waals surface area contributed by atoms with Crippen LogP contribution in [0.4, 0.5) is 8.78 Å². The van der Waals surface area contributed by atoms with Crippen LogP contribution in [0.25, 0.3) is 16.6 Å². The average molecular weight is 435 g/mol. The smallest absolute Gasteiger partial charge is 0.266 e. The summed E-state index contributed by atoms with van der Waals surface area (Å²) in [4.78, 5) is 30.1. The van der Waals surface area contributed by atoms with E-state index >= 15 is 0 Å². The normalized spacial score (nSPS) is 16.8. The molecule has 1 aliphatic rings. The van der Waals surface area contributed by atoms with Crippen molar-refractivity contribution < 1.29 is 8.78 Å². The third-order valence-corrected chi connectivity index (χ3v) is 4.93. The zero-order chi connectivity index (χ0) is 22.8. The van der Waals surface area contributed by atoms with Crippen molar-refractivity contribution >= 4 is 29.8 Å². The van der Waals surface area contributed by atoms with Crippen molar-refractivity contribution in [3.05, 3.63) is 81.8 Å². The van der Waals surface area contributed by atoms with Crippen LogP contribution in [0.1, 0.15) is 18.8 Å². The van der Waals surface area contributed by atoms with Crippen molar-refractivity contribution in [3.8, 4) is 5.69 Å². The molecule has 2 aromatic carbocycles. The first-order chi connectivity index (χ1) is 15.5. The fourth-order valence-electron chi connectivity index (χ4n) is 3.45. The average Bonchev–Trinajstić information content (AvgIpc) is 3.27. The first-order valence-electron chi connectivity index (χ1n) is 9.66. The maximum atomic E-state index is 14.7. The molecule has 0 fully saturated rings. The van der Waals surface area contributed by atoms with Crippen LogP contribution in [-0.2, 0) is 0 Å². The summed E-state index contributed by atoms with van der Waals surface area (Å²) in [6.07, 6.45) is 1.45. The number of nitrogens with one attached hydrogen (secondary N) is 2. The highest BCUT2D eigenvalue weighted by molar-refractivity contribution is 6.09. The van der Waals surface area contributed by atoms with E-state index in [0.29, 0.717) is 17.0 Å². The lowest BCUT2D eigenvalue weighted by atomic mass is 10.2. The van der Waals surface area contributed by atoms with Crippen molar-refractivity contribution in [3.63, 3.8) is 0 Å². The number of fused-ring (bicyclic) bond motifs is 1. The fourth-order valence-corrected chi connectivity index (χ4v) is 3.45. The number of rotatable bonds is 5. The number of aromatic nitrogens is 2. The number of para-hydroxylation sites is 2. The molecular formula is C22H19F2N7O. The van der Waals surface area contributed by atoms with Crippen molar-refractivity contribution in [2.45, 2.75) is 13.0 Å². The van der Waals surface area contributed by atoms with E-state index in [1.54, 1.807) is 38.2 Å². The number of amidine groups is 1. The Bertz CT molecular complexity index is 1350. The van der Waals surface area contributed by atoms with Crippen LogP contribution in [0.3, 0.4) is 0 Å². The van der Waals surface area contributed by atoms with Gasteiger partial charge in [-0.15, -0.1) is 0 Å². The quantitative estimate of drug-likeness (QED) is 0.603. The molecule has 8 nitrogen and oxygen atoms in total.